The van der Waals surface area contributed by atoms with Gasteiger partial charge in [0.2, 0.25) is 6.29 Å². The molecule has 1 heterocycles. The van der Waals surface area contributed by atoms with E-state index in [1.54, 1.807) is 121 Å². The molecule has 1 saturated heterocycles. The zero-order valence-electron chi connectivity index (χ0n) is 23.4. The first kappa shape index (κ1) is 31.6. The van der Waals surface area contributed by atoms with Gasteiger partial charge in [-0.2, -0.15) is 0 Å². The standard InChI is InChI=1S/C27H23FO7.C7H6O2/c28-24-21(34-26(30)19-12-6-2-7-13-19)16-23(35-27(31)20-14-8-3-9-15-20)33-22(24)17-32-25(29)18-10-4-1-5-11-18;8-7(9)6-4-2-1-3-5-6/h1-15,21-24H,16-17H2;1-5H,(H,8,9)/t21-,22-,23+,24+;/m1./s1. The van der Waals surface area contributed by atoms with Crippen molar-refractivity contribution in [2.45, 2.75) is 31.1 Å². The molecule has 1 N–H and O–H groups in total. The Morgan fingerprint density at radius 1 is 0.636 bits per heavy atom. The molecule has 0 aromatic heterocycles. The van der Waals surface area contributed by atoms with Gasteiger partial charge in [-0.15, -0.1) is 0 Å². The predicted octanol–water partition coefficient (Wildman–Crippen LogP) is 5.76. The first-order valence-electron chi connectivity index (χ1n) is 13.6. The summed E-state index contributed by atoms with van der Waals surface area (Å²) >= 11 is 0. The summed E-state index contributed by atoms with van der Waals surface area (Å²) in [6, 6.07) is 32.9. The highest BCUT2D eigenvalue weighted by atomic mass is 19.1. The first-order chi connectivity index (χ1) is 21.3. The molecule has 1 aliphatic heterocycles. The van der Waals surface area contributed by atoms with Crippen molar-refractivity contribution >= 4 is 23.9 Å². The van der Waals surface area contributed by atoms with Crippen molar-refractivity contribution in [3.63, 3.8) is 0 Å². The second-order valence-corrected chi connectivity index (χ2v) is 9.50. The van der Waals surface area contributed by atoms with Crippen LogP contribution in [0.1, 0.15) is 47.9 Å². The molecular weight excluding hydrogens is 571 g/mol. The summed E-state index contributed by atoms with van der Waals surface area (Å²) in [4.78, 5) is 47.6. The lowest BCUT2D eigenvalue weighted by molar-refractivity contribution is -0.224. The number of hydrogen-bond donors (Lipinski definition) is 1. The number of alkyl halides is 1. The number of rotatable bonds is 8. The van der Waals surface area contributed by atoms with E-state index >= 15 is 4.39 Å². The minimum absolute atomic E-state index is 0.221. The van der Waals surface area contributed by atoms with Gasteiger partial charge < -0.3 is 24.1 Å². The van der Waals surface area contributed by atoms with E-state index < -0.39 is 55.2 Å². The summed E-state index contributed by atoms with van der Waals surface area (Å²) in [5.41, 5.74) is 1.15. The van der Waals surface area contributed by atoms with Gasteiger partial charge in [0.05, 0.1) is 28.7 Å². The van der Waals surface area contributed by atoms with Crippen molar-refractivity contribution in [3.8, 4) is 0 Å². The molecular formula is C34H29FO9. The molecule has 226 valence electrons. The number of esters is 3. The molecule has 0 spiro atoms. The lowest BCUT2D eigenvalue weighted by Gasteiger charge is -2.36. The van der Waals surface area contributed by atoms with Crippen LogP contribution in [0.15, 0.2) is 121 Å². The Morgan fingerprint density at radius 2 is 1.05 bits per heavy atom. The Hall–Kier alpha value is -5.35. The highest BCUT2D eigenvalue weighted by Gasteiger charge is 2.44. The van der Waals surface area contributed by atoms with Crippen LogP contribution in [0.4, 0.5) is 4.39 Å². The van der Waals surface area contributed by atoms with Crippen LogP contribution >= 0.6 is 0 Å². The second-order valence-electron chi connectivity index (χ2n) is 9.50. The topological polar surface area (TPSA) is 125 Å². The molecule has 4 atom stereocenters. The van der Waals surface area contributed by atoms with Crippen molar-refractivity contribution in [1.29, 1.82) is 0 Å². The zero-order valence-corrected chi connectivity index (χ0v) is 23.4. The first-order valence-corrected chi connectivity index (χ1v) is 13.6. The van der Waals surface area contributed by atoms with E-state index in [4.69, 9.17) is 24.1 Å². The molecule has 0 bridgehead atoms. The molecule has 0 saturated carbocycles. The van der Waals surface area contributed by atoms with Crippen molar-refractivity contribution in [1.82, 2.24) is 0 Å². The van der Waals surface area contributed by atoms with E-state index in [2.05, 4.69) is 0 Å². The van der Waals surface area contributed by atoms with E-state index in [0.29, 0.717) is 5.56 Å². The average molecular weight is 601 g/mol. The lowest BCUT2D eigenvalue weighted by Crippen LogP contribution is -2.51. The molecule has 5 rings (SSSR count). The van der Waals surface area contributed by atoms with E-state index in [0.717, 1.165) is 0 Å². The number of benzene rings is 4. The van der Waals surface area contributed by atoms with Crippen molar-refractivity contribution < 1.29 is 47.6 Å². The number of carboxylic acids is 1. The highest BCUT2D eigenvalue weighted by Crippen LogP contribution is 2.28. The Balaban J connectivity index is 0.000000421. The molecule has 0 unspecified atom stereocenters. The number of halogens is 1. The van der Waals surface area contributed by atoms with Gasteiger partial charge in [-0.25, -0.2) is 23.6 Å². The summed E-state index contributed by atoms with van der Waals surface area (Å²) in [6.07, 6.45) is -5.87. The van der Waals surface area contributed by atoms with E-state index in [-0.39, 0.29) is 23.1 Å². The molecule has 9 nitrogen and oxygen atoms in total. The summed E-state index contributed by atoms with van der Waals surface area (Å²) < 4.78 is 37.0. The fourth-order valence-corrected chi connectivity index (χ4v) is 4.14. The maximum absolute atomic E-state index is 15.3. The van der Waals surface area contributed by atoms with Gasteiger partial charge in [-0.3, -0.25) is 0 Å². The molecule has 4 aromatic rings. The minimum Gasteiger partial charge on any atom is -0.478 e. The third-order valence-corrected chi connectivity index (χ3v) is 6.39. The molecule has 44 heavy (non-hydrogen) atoms. The van der Waals surface area contributed by atoms with Crippen LogP contribution in [0.5, 0.6) is 0 Å². The Morgan fingerprint density at radius 3 is 1.48 bits per heavy atom. The fourth-order valence-electron chi connectivity index (χ4n) is 4.14. The second kappa shape index (κ2) is 15.8. The van der Waals surface area contributed by atoms with E-state index in [9.17, 15) is 19.2 Å². The van der Waals surface area contributed by atoms with Crippen molar-refractivity contribution in [2.75, 3.05) is 6.61 Å². The number of aromatic carboxylic acids is 1. The normalized spacial score (nSPS) is 18.9. The third-order valence-electron chi connectivity index (χ3n) is 6.39. The van der Waals surface area contributed by atoms with Gasteiger partial charge in [0.25, 0.3) is 0 Å². The number of carbonyl (C=O) groups excluding carboxylic acids is 3. The third kappa shape index (κ3) is 9.07. The van der Waals surface area contributed by atoms with Crippen LogP contribution in [0, 0.1) is 0 Å². The van der Waals surface area contributed by atoms with Crippen LogP contribution in [-0.2, 0) is 18.9 Å². The van der Waals surface area contributed by atoms with Gasteiger partial charge >= 0.3 is 23.9 Å². The predicted molar refractivity (Wildman–Crippen MR) is 156 cm³/mol. The summed E-state index contributed by atoms with van der Waals surface area (Å²) in [5.74, 6) is -2.95. The Labute approximate surface area is 252 Å². The van der Waals surface area contributed by atoms with Gasteiger partial charge in [0, 0.05) is 0 Å². The van der Waals surface area contributed by atoms with Gasteiger partial charge in [-0.05, 0) is 48.5 Å². The Bertz CT molecular complexity index is 1520. The Kier molecular flexibility index (Phi) is 11.3. The molecule has 0 amide bonds. The van der Waals surface area contributed by atoms with Crippen LogP contribution in [-0.4, -0.2) is 60.3 Å². The number of hydrogen-bond acceptors (Lipinski definition) is 8. The lowest BCUT2D eigenvalue weighted by atomic mass is 10.0. The highest BCUT2D eigenvalue weighted by molar-refractivity contribution is 5.90. The van der Waals surface area contributed by atoms with Crippen molar-refractivity contribution in [2.24, 2.45) is 0 Å². The zero-order chi connectivity index (χ0) is 31.3. The van der Waals surface area contributed by atoms with Crippen LogP contribution in [0.2, 0.25) is 0 Å². The quantitative estimate of drug-likeness (QED) is 0.198. The summed E-state index contributed by atoms with van der Waals surface area (Å²) in [7, 11) is 0. The number of ether oxygens (including phenoxy) is 4. The van der Waals surface area contributed by atoms with Gasteiger partial charge in [-0.1, -0.05) is 72.8 Å². The van der Waals surface area contributed by atoms with Crippen LogP contribution in [0.3, 0.4) is 0 Å². The fraction of sp³-hybridized carbons (Fsp3) is 0.176. The average Bonchev–Trinajstić information content (AvgIpc) is 3.07. The molecule has 4 aromatic carbocycles. The van der Waals surface area contributed by atoms with Crippen molar-refractivity contribution in [3.05, 3.63) is 144 Å². The largest absolute Gasteiger partial charge is 0.478 e. The number of carbonyl (C=O) groups is 4. The minimum atomic E-state index is -1.82. The smallest absolute Gasteiger partial charge is 0.340 e. The maximum Gasteiger partial charge on any atom is 0.340 e. The monoisotopic (exact) mass is 600 g/mol. The summed E-state index contributed by atoms with van der Waals surface area (Å²) in [5, 5.41) is 8.38. The molecule has 0 aliphatic carbocycles. The van der Waals surface area contributed by atoms with Crippen LogP contribution < -0.4 is 0 Å². The maximum atomic E-state index is 15.3. The molecule has 0 radical (unpaired) electrons. The van der Waals surface area contributed by atoms with Gasteiger partial charge in [0.1, 0.15) is 18.8 Å². The summed E-state index contributed by atoms with van der Waals surface area (Å²) in [6.45, 7) is -0.465. The molecule has 1 aliphatic rings. The van der Waals surface area contributed by atoms with E-state index in [1.165, 1.54) is 0 Å². The SMILES string of the molecule is O=C(O)c1ccccc1.O=C(OC[C@H]1O[C@@H](OC(=O)c2ccccc2)C[C@@H](OC(=O)c2ccccc2)[C@@H]1F)c1ccccc1. The molecule has 1 fully saturated rings. The van der Waals surface area contributed by atoms with E-state index in [1.807, 2.05) is 0 Å². The number of carboxylic acid groups (broad SMARTS) is 1. The van der Waals surface area contributed by atoms with Crippen LogP contribution in [0.25, 0.3) is 0 Å². The van der Waals surface area contributed by atoms with Gasteiger partial charge in [0.15, 0.2) is 6.17 Å². The molecule has 10 heteroatoms.